The summed E-state index contributed by atoms with van der Waals surface area (Å²) in [4.78, 5) is 11.8. The number of benzene rings is 1. The van der Waals surface area contributed by atoms with Gasteiger partial charge in [-0.2, -0.15) is 5.10 Å². The lowest BCUT2D eigenvalue weighted by molar-refractivity contribution is 0.397. The molecule has 0 saturated carbocycles. The standard InChI is InChI=1S/C21H29N7.HI/c1-3-22-21(25-19-10-7-13-28-20(19)24-16(2)26-28)23-15-17-8-6-9-18(14-17)27-11-4-5-12-27;/h4-6,8-9,14,19H,3,7,10-13,15H2,1-2H3,(H2,22,23,25);1H. The number of rotatable bonds is 5. The molecule has 2 aliphatic heterocycles. The molecule has 0 spiro atoms. The van der Waals surface area contributed by atoms with Crippen LogP contribution in [0.1, 0.15) is 43.0 Å². The first-order valence-electron chi connectivity index (χ1n) is 10.2. The van der Waals surface area contributed by atoms with Crippen LogP contribution >= 0.6 is 24.0 Å². The molecule has 0 saturated heterocycles. The highest BCUT2D eigenvalue weighted by molar-refractivity contribution is 14.0. The summed E-state index contributed by atoms with van der Waals surface area (Å²) in [7, 11) is 0. The molecule has 1 aromatic carbocycles. The van der Waals surface area contributed by atoms with Crippen LogP contribution in [0.4, 0.5) is 5.69 Å². The molecule has 0 amide bonds. The van der Waals surface area contributed by atoms with Crippen LogP contribution in [0.5, 0.6) is 0 Å². The van der Waals surface area contributed by atoms with Crippen LogP contribution in [-0.2, 0) is 13.1 Å². The zero-order chi connectivity index (χ0) is 19.3. The lowest BCUT2D eigenvalue weighted by atomic mass is 10.1. The molecule has 2 aromatic rings. The third kappa shape index (κ3) is 5.29. The summed E-state index contributed by atoms with van der Waals surface area (Å²) in [6.07, 6.45) is 6.56. The molecule has 2 aliphatic rings. The van der Waals surface area contributed by atoms with E-state index in [1.807, 2.05) is 11.6 Å². The van der Waals surface area contributed by atoms with Crippen LogP contribution in [0, 0.1) is 6.92 Å². The predicted octanol–water partition coefficient (Wildman–Crippen LogP) is 3.17. The number of aromatic nitrogens is 3. The molecule has 2 N–H and O–H groups in total. The summed E-state index contributed by atoms with van der Waals surface area (Å²) in [6, 6.07) is 8.81. The summed E-state index contributed by atoms with van der Waals surface area (Å²) < 4.78 is 2.02. The van der Waals surface area contributed by atoms with Crippen LogP contribution in [0.3, 0.4) is 0 Å². The van der Waals surface area contributed by atoms with E-state index in [0.29, 0.717) is 6.54 Å². The van der Waals surface area contributed by atoms with Gasteiger partial charge in [-0.3, -0.25) is 0 Å². The monoisotopic (exact) mass is 507 g/mol. The Morgan fingerprint density at radius 2 is 2.10 bits per heavy atom. The quantitative estimate of drug-likeness (QED) is 0.282. The first-order valence-corrected chi connectivity index (χ1v) is 10.2. The van der Waals surface area contributed by atoms with Gasteiger partial charge >= 0.3 is 0 Å². The van der Waals surface area contributed by atoms with Crippen molar-refractivity contribution < 1.29 is 0 Å². The van der Waals surface area contributed by atoms with Crippen LogP contribution in [0.25, 0.3) is 0 Å². The van der Waals surface area contributed by atoms with Crippen molar-refractivity contribution in [2.24, 2.45) is 4.99 Å². The predicted molar refractivity (Wildman–Crippen MR) is 128 cm³/mol. The maximum atomic E-state index is 4.83. The normalized spacial score (nSPS) is 18.3. The number of hydrogen-bond acceptors (Lipinski definition) is 4. The Morgan fingerprint density at radius 1 is 1.28 bits per heavy atom. The van der Waals surface area contributed by atoms with Gasteiger partial charge in [0.1, 0.15) is 11.6 Å². The van der Waals surface area contributed by atoms with Gasteiger partial charge in [-0.15, -0.1) is 24.0 Å². The van der Waals surface area contributed by atoms with Crippen molar-refractivity contribution >= 4 is 35.6 Å². The van der Waals surface area contributed by atoms with Crippen molar-refractivity contribution in [3.05, 3.63) is 53.6 Å². The van der Waals surface area contributed by atoms with Crippen LogP contribution < -0.4 is 15.5 Å². The Bertz CT molecular complexity index is 866. The van der Waals surface area contributed by atoms with Crippen molar-refractivity contribution in [2.45, 2.75) is 45.8 Å². The van der Waals surface area contributed by atoms with Gasteiger partial charge in [-0.1, -0.05) is 24.3 Å². The zero-order valence-corrected chi connectivity index (χ0v) is 19.5. The lowest BCUT2D eigenvalue weighted by Gasteiger charge is -2.25. The Balaban J connectivity index is 0.00000240. The van der Waals surface area contributed by atoms with Crippen LogP contribution in [0.2, 0.25) is 0 Å². The molecule has 1 atom stereocenters. The Morgan fingerprint density at radius 3 is 2.90 bits per heavy atom. The van der Waals surface area contributed by atoms with Crippen molar-refractivity contribution in [1.29, 1.82) is 0 Å². The van der Waals surface area contributed by atoms with E-state index in [4.69, 9.17) is 4.99 Å². The van der Waals surface area contributed by atoms with Gasteiger partial charge in [-0.25, -0.2) is 14.7 Å². The van der Waals surface area contributed by atoms with E-state index in [1.165, 1.54) is 11.3 Å². The van der Waals surface area contributed by atoms with Crippen molar-refractivity contribution in [1.82, 2.24) is 25.4 Å². The molecule has 1 unspecified atom stereocenters. The summed E-state index contributed by atoms with van der Waals surface area (Å²) in [6.45, 7) is 8.42. The number of anilines is 1. The second kappa shape index (κ2) is 10.1. The first-order chi connectivity index (χ1) is 13.7. The molecule has 156 valence electrons. The topological polar surface area (TPSA) is 70.4 Å². The highest BCUT2D eigenvalue weighted by Crippen LogP contribution is 2.23. The van der Waals surface area contributed by atoms with E-state index in [2.05, 4.69) is 69.0 Å². The zero-order valence-electron chi connectivity index (χ0n) is 17.1. The largest absolute Gasteiger partial charge is 0.364 e. The molecule has 0 bridgehead atoms. The van der Waals surface area contributed by atoms with E-state index in [0.717, 1.165) is 56.6 Å². The van der Waals surface area contributed by atoms with E-state index in [-0.39, 0.29) is 30.0 Å². The highest BCUT2D eigenvalue weighted by Gasteiger charge is 2.24. The molecule has 29 heavy (non-hydrogen) atoms. The number of hydrogen-bond donors (Lipinski definition) is 2. The molecule has 4 rings (SSSR count). The number of nitrogens with one attached hydrogen (secondary N) is 2. The summed E-state index contributed by atoms with van der Waals surface area (Å²) in [5.41, 5.74) is 2.47. The average Bonchev–Trinajstić information content (AvgIpc) is 3.36. The Hall–Kier alpha value is -2.10. The number of nitrogens with zero attached hydrogens (tertiary/aromatic N) is 5. The third-order valence-corrected chi connectivity index (χ3v) is 5.15. The summed E-state index contributed by atoms with van der Waals surface area (Å²) in [5, 5.41) is 11.4. The maximum absolute atomic E-state index is 4.83. The number of guanidine groups is 1. The minimum Gasteiger partial charge on any atom is -0.364 e. The van der Waals surface area contributed by atoms with Gasteiger partial charge in [0.05, 0.1) is 12.6 Å². The second-order valence-corrected chi connectivity index (χ2v) is 7.32. The van der Waals surface area contributed by atoms with E-state index >= 15 is 0 Å². The fourth-order valence-electron chi connectivity index (χ4n) is 3.80. The van der Waals surface area contributed by atoms with Crippen LogP contribution in [0.15, 0.2) is 41.4 Å². The summed E-state index contributed by atoms with van der Waals surface area (Å²) in [5.74, 6) is 2.67. The second-order valence-electron chi connectivity index (χ2n) is 7.32. The Kier molecular flexibility index (Phi) is 7.51. The highest BCUT2D eigenvalue weighted by atomic mass is 127. The van der Waals surface area contributed by atoms with Gasteiger partial charge in [0, 0.05) is 31.9 Å². The minimum atomic E-state index is 0. The molecule has 0 aliphatic carbocycles. The fourth-order valence-corrected chi connectivity index (χ4v) is 3.80. The average molecular weight is 507 g/mol. The third-order valence-electron chi connectivity index (χ3n) is 5.15. The number of aliphatic imine (C=N–C) groups is 1. The summed E-state index contributed by atoms with van der Waals surface area (Å²) >= 11 is 0. The van der Waals surface area contributed by atoms with E-state index in [1.54, 1.807) is 0 Å². The molecule has 1 aromatic heterocycles. The molecule has 8 heteroatoms. The first kappa shape index (κ1) is 21.6. The van der Waals surface area contributed by atoms with Gasteiger partial charge in [0.2, 0.25) is 0 Å². The van der Waals surface area contributed by atoms with Crippen molar-refractivity contribution in [3.63, 3.8) is 0 Å². The van der Waals surface area contributed by atoms with E-state index in [9.17, 15) is 0 Å². The van der Waals surface area contributed by atoms with Gasteiger partial charge in [0.25, 0.3) is 0 Å². The number of fused-ring (bicyclic) bond motifs is 1. The maximum Gasteiger partial charge on any atom is 0.192 e. The van der Waals surface area contributed by atoms with Gasteiger partial charge in [-0.05, 0) is 44.4 Å². The molecule has 0 fully saturated rings. The molecule has 7 nitrogen and oxygen atoms in total. The van der Waals surface area contributed by atoms with Gasteiger partial charge < -0.3 is 15.5 Å². The van der Waals surface area contributed by atoms with Gasteiger partial charge in [0.15, 0.2) is 5.96 Å². The van der Waals surface area contributed by atoms with E-state index < -0.39 is 0 Å². The smallest absolute Gasteiger partial charge is 0.192 e. The minimum absolute atomic E-state index is 0. The number of halogens is 1. The van der Waals surface area contributed by atoms with Crippen molar-refractivity contribution in [2.75, 3.05) is 24.5 Å². The molecule has 0 radical (unpaired) electrons. The lowest BCUT2D eigenvalue weighted by Crippen LogP contribution is -2.41. The number of aryl methyl sites for hydroxylation is 2. The molecule has 3 heterocycles. The fraction of sp³-hybridized carbons (Fsp3) is 0.476. The Labute approximate surface area is 189 Å². The molecular formula is C21H30IN7. The molecular weight excluding hydrogens is 477 g/mol. The van der Waals surface area contributed by atoms with Crippen molar-refractivity contribution in [3.8, 4) is 0 Å². The SMILES string of the molecule is CCNC(=NCc1cccc(N2CC=CC2)c1)NC1CCCn2nc(C)nc21.I. The van der Waals surface area contributed by atoms with Crippen LogP contribution in [-0.4, -0.2) is 40.4 Å².